The first-order valence-corrected chi connectivity index (χ1v) is 17.7. The van der Waals surface area contributed by atoms with Crippen LogP contribution in [0.15, 0.2) is 0 Å². The number of carboxylic acid groups (broad SMARTS) is 1. The Morgan fingerprint density at radius 1 is 0.537 bits per heavy atom. The molecule has 1 amide bonds. The molecule has 0 aromatic heterocycles. The van der Waals surface area contributed by atoms with E-state index in [1.54, 1.807) is 0 Å². The third-order valence-corrected chi connectivity index (χ3v) is 8.02. The van der Waals surface area contributed by atoms with Crippen molar-refractivity contribution in [2.45, 2.75) is 200 Å². The summed E-state index contributed by atoms with van der Waals surface area (Å²) in [5, 5.41) is 11.8. The number of ether oxygens (including phenoxy) is 1. The highest BCUT2D eigenvalue weighted by Gasteiger charge is 2.23. The zero-order valence-corrected chi connectivity index (χ0v) is 27.2. The minimum absolute atomic E-state index is 0.0664. The van der Waals surface area contributed by atoms with Gasteiger partial charge in [-0.05, 0) is 19.3 Å². The van der Waals surface area contributed by atoms with Crippen LogP contribution in [0.25, 0.3) is 0 Å². The number of rotatable bonds is 32. The molecule has 0 heterocycles. The van der Waals surface area contributed by atoms with Gasteiger partial charge in [-0.1, -0.05) is 162 Å². The lowest BCUT2D eigenvalue weighted by molar-refractivity contribution is -0.148. The number of hydrogen-bond acceptors (Lipinski definition) is 4. The van der Waals surface area contributed by atoms with E-state index in [0.717, 1.165) is 38.5 Å². The van der Waals surface area contributed by atoms with Gasteiger partial charge >= 0.3 is 11.9 Å². The number of carboxylic acids is 1. The number of hydrogen-bond donors (Lipinski definition) is 2. The largest absolute Gasteiger partial charge is 0.481 e. The van der Waals surface area contributed by atoms with E-state index in [-0.39, 0.29) is 18.7 Å². The minimum atomic E-state index is -0.977. The Morgan fingerprint density at radius 3 is 1.29 bits per heavy atom. The smallest absolute Gasteiger partial charge is 0.328 e. The van der Waals surface area contributed by atoms with Crippen molar-refractivity contribution < 1.29 is 24.2 Å². The Morgan fingerprint density at radius 2 is 0.902 bits per heavy atom. The Labute approximate surface area is 253 Å². The lowest BCUT2D eigenvalue weighted by Crippen LogP contribution is -2.42. The molecular formula is C35H67NO5. The first kappa shape index (κ1) is 39.4. The fraction of sp³-hybridized carbons (Fsp3) is 0.914. The van der Waals surface area contributed by atoms with E-state index in [9.17, 15) is 14.4 Å². The molecule has 0 saturated heterocycles. The number of unbranched alkanes of at least 4 members (excludes halogenated alkanes) is 23. The number of aliphatic carboxylic acids is 1. The van der Waals surface area contributed by atoms with Gasteiger partial charge in [0, 0.05) is 12.8 Å². The van der Waals surface area contributed by atoms with Crippen LogP contribution in [0, 0.1) is 0 Å². The SMILES string of the molecule is CCCCCCCCCCCCCCCC(=O)N[C@@H](CCC(=O)O)C(=O)OCCCCCCCCCCCCCC. The van der Waals surface area contributed by atoms with E-state index in [0.29, 0.717) is 13.0 Å². The maximum absolute atomic E-state index is 12.6. The van der Waals surface area contributed by atoms with Crippen molar-refractivity contribution in [3.8, 4) is 0 Å². The molecule has 0 unspecified atom stereocenters. The molecule has 0 aliphatic heterocycles. The molecule has 0 radical (unpaired) electrons. The highest BCUT2D eigenvalue weighted by molar-refractivity contribution is 5.84. The maximum Gasteiger partial charge on any atom is 0.328 e. The van der Waals surface area contributed by atoms with Gasteiger partial charge in [0.1, 0.15) is 6.04 Å². The van der Waals surface area contributed by atoms with E-state index in [1.807, 2.05) is 0 Å². The van der Waals surface area contributed by atoms with Gasteiger partial charge in [0.2, 0.25) is 5.91 Å². The van der Waals surface area contributed by atoms with E-state index in [4.69, 9.17) is 9.84 Å². The number of carbonyl (C=O) groups is 3. The lowest BCUT2D eigenvalue weighted by Gasteiger charge is -2.17. The standard InChI is InChI=1S/C35H67NO5/c1-3-5-7-9-11-13-15-17-18-20-22-24-26-28-33(37)36-32(29-30-34(38)39)35(40)41-31-27-25-23-21-19-16-14-12-10-8-6-4-2/h32H,3-31H2,1-2H3,(H,36,37)(H,38,39)/t32-/m0/s1. The average Bonchev–Trinajstić information content (AvgIpc) is 2.95. The van der Waals surface area contributed by atoms with Crippen LogP contribution in [0.3, 0.4) is 0 Å². The lowest BCUT2D eigenvalue weighted by atomic mass is 10.0. The first-order valence-electron chi connectivity index (χ1n) is 17.7. The fourth-order valence-electron chi connectivity index (χ4n) is 5.30. The average molecular weight is 582 g/mol. The quantitative estimate of drug-likeness (QED) is 0.0609. The first-order chi connectivity index (χ1) is 20.0. The number of amides is 1. The predicted molar refractivity (Wildman–Crippen MR) is 171 cm³/mol. The summed E-state index contributed by atoms with van der Waals surface area (Å²) in [5.41, 5.74) is 0. The number of carbonyl (C=O) groups excluding carboxylic acids is 2. The maximum atomic E-state index is 12.6. The molecule has 41 heavy (non-hydrogen) atoms. The molecule has 0 spiro atoms. The van der Waals surface area contributed by atoms with Gasteiger partial charge in [0.05, 0.1) is 6.61 Å². The molecule has 0 aliphatic carbocycles. The molecule has 242 valence electrons. The van der Waals surface area contributed by atoms with Gasteiger partial charge in [-0.25, -0.2) is 4.79 Å². The van der Waals surface area contributed by atoms with Crippen LogP contribution in [0.1, 0.15) is 194 Å². The van der Waals surface area contributed by atoms with Crippen molar-refractivity contribution in [3.05, 3.63) is 0 Å². The minimum Gasteiger partial charge on any atom is -0.481 e. The van der Waals surface area contributed by atoms with Crippen LogP contribution in [-0.4, -0.2) is 35.6 Å². The van der Waals surface area contributed by atoms with E-state index >= 15 is 0 Å². The molecule has 0 rings (SSSR count). The van der Waals surface area contributed by atoms with Crippen molar-refractivity contribution in [1.82, 2.24) is 5.32 Å². The molecule has 0 aliphatic rings. The Hall–Kier alpha value is -1.59. The summed E-state index contributed by atoms with van der Waals surface area (Å²) in [5.74, 6) is -1.67. The Balaban J connectivity index is 3.88. The summed E-state index contributed by atoms with van der Waals surface area (Å²) in [6, 6.07) is -0.877. The third-order valence-electron chi connectivity index (χ3n) is 8.02. The van der Waals surface area contributed by atoms with E-state index in [1.165, 1.54) is 122 Å². The van der Waals surface area contributed by atoms with Crippen molar-refractivity contribution in [2.75, 3.05) is 6.61 Å². The van der Waals surface area contributed by atoms with Crippen LogP contribution in [0.4, 0.5) is 0 Å². The molecule has 2 N–H and O–H groups in total. The summed E-state index contributed by atoms with van der Waals surface area (Å²) in [6.45, 7) is 4.83. The summed E-state index contributed by atoms with van der Waals surface area (Å²) in [4.78, 5) is 36.0. The third kappa shape index (κ3) is 29.7. The van der Waals surface area contributed by atoms with E-state index in [2.05, 4.69) is 19.2 Å². The second-order valence-electron chi connectivity index (χ2n) is 12.1. The summed E-state index contributed by atoms with van der Waals surface area (Å²) < 4.78 is 5.40. The number of nitrogens with one attached hydrogen (secondary N) is 1. The molecule has 1 atom stereocenters. The van der Waals surface area contributed by atoms with Crippen molar-refractivity contribution in [3.63, 3.8) is 0 Å². The van der Waals surface area contributed by atoms with Crippen molar-refractivity contribution in [1.29, 1.82) is 0 Å². The molecule has 6 nitrogen and oxygen atoms in total. The van der Waals surface area contributed by atoms with Gasteiger partial charge in [0.25, 0.3) is 0 Å². The highest BCUT2D eigenvalue weighted by atomic mass is 16.5. The molecule has 0 bridgehead atoms. The van der Waals surface area contributed by atoms with Gasteiger partial charge in [0.15, 0.2) is 0 Å². The zero-order chi connectivity index (χ0) is 30.2. The normalized spacial score (nSPS) is 11.9. The highest BCUT2D eigenvalue weighted by Crippen LogP contribution is 2.14. The van der Waals surface area contributed by atoms with Crippen molar-refractivity contribution in [2.24, 2.45) is 0 Å². The summed E-state index contributed by atoms with van der Waals surface area (Å²) in [7, 11) is 0. The fourth-order valence-corrected chi connectivity index (χ4v) is 5.30. The van der Waals surface area contributed by atoms with Crippen LogP contribution >= 0.6 is 0 Å². The monoisotopic (exact) mass is 582 g/mol. The molecular weight excluding hydrogens is 514 g/mol. The molecule has 6 heteroatoms. The number of esters is 1. The van der Waals surface area contributed by atoms with Crippen LogP contribution < -0.4 is 5.32 Å². The van der Waals surface area contributed by atoms with Gasteiger partial charge in [-0.3, -0.25) is 9.59 Å². The molecule has 0 aromatic carbocycles. The predicted octanol–water partition coefficient (Wildman–Crippen LogP) is 10.1. The zero-order valence-electron chi connectivity index (χ0n) is 27.2. The van der Waals surface area contributed by atoms with Crippen LogP contribution in [-0.2, 0) is 19.1 Å². The van der Waals surface area contributed by atoms with E-state index < -0.39 is 18.0 Å². The summed E-state index contributed by atoms with van der Waals surface area (Å²) >= 11 is 0. The van der Waals surface area contributed by atoms with Gasteiger partial charge in [-0.15, -0.1) is 0 Å². The molecule has 0 aromatic rings. The van der Waals surface area contributed by atoms with Gasteiger partial charge in [-0.2, -0.15) is 0 Å². The second-order valence-corrected chi connectivity index (χ2v) is 12.1. The molecule has 0 saturated carbocycles. The topological polar surface area (TPSA) is 92.7 Å². The van der Waals surface area contributed by atoms with Crippen molar-refractivity contribution >= 4 is 17.8 Å². The Kier molecular flexibility index (Phi) is 30.1. The van der Waals surface area contributed by atoms with Gasteiger partial charge < -0.3 is 15.2 Å². The van der Waals surface area contributed by atoms with Crippen LogP contribution in [0.5, 0.6) is 0 Å². The summed E-state index contributed by atoms with van der Waals surface area (Å²) in [6.07, 6.45) is 31.3. The van der Waals surface area contributed by atoms with Crippen LogP contribution in [0.2, 0.25) is 0 Å². The Bertz CT molecular complexity index is 609. The molecule has 0 fully saturated rings. The second kappa shape index (κ2) is 31.3.